The lowest BCUT2D eigenvalue weighted by Crippen LogP contribution is -2.53. The Balaban J connectivity index is 2.11. The predicted octanol–water partition coefficient (Wildman–Crippen LogP) is 0.968. The fraction of sp³-hybridized carbons (Fsp3) is 0.500. The van der Waals surface area contributed by atoms with Gasteiger partial charge in [-0.3, -0.25) is 9.69 Å². The molecule has 2 atom stereocenters. The Morgan fingerprint density at radius 1 is 1.33 bits per heavy atom. The van der Waals surface area contributed by atoms with Gasteiger partial charge in [-0.1, -0.05) is 18.2 Å². The van der Waals surface area contributed by atoms with Crippen molar-refractivity contribution < 1.29 is 4.79 Å². The Kier molecular flexibility index (Phi) is 3.99. The minimum atomic E-state index is -0.346. The molecule has 1 heterocycles. The molecule has 1 amide bonds. The quantitative estimate of drug-likeness (QED) is 0.836. The maximum atomic E-state index is 11.4. The van der Waals surface area contributed by atoms with E-state index in [0.29, 0.717) is 17.6 Å². The topological polar surface area (TPSA) is 58.4 Å². The summed E-state index contributed by atoms with van der Waals surface area (Å²) in [5.74, 6) is -0.346. The number of piperazine rings is 1. The van der Waals surface area contributed by atoms with Gasteiger partial charge >= 0.3 is 0 Å². The van der Waals surface area contributed by atoms with Crippen LogP contribution in [0.4, 0.5) is 0 Å². The zero-order valence-electron chi connectivity index (χ0n) is 11.0. The Labute approximate surface area is 108 Å². The van der Waals surface area contributed by atoms with Gasteiger partial charge in [-0.2, -0.15) is 0 Å². The number of amides is 1. The maximum Gasteiger partial charge on any atom is 0.249 e. The molecule has 1 aromatic carbocycles. The molecule has 0 aliphatic carbocycles. The third-order valence-electron chi connectivity index (χ3n) is 3.31. The molecule has 0 saturated carbocycles. The first-order chi connectivity index (χ1) is 8.56. The highest BCUT2D eigenvalue weighted by molar-refractivity contribution is 5.94. The van der Waals surface area contributed by atoms with Crippen LogP contribution in [-0.4, -0.2) is 36.0 Å². The van der Waals surface area contributed by atoms with Crippen LogP contribution in [0.5, 0.6) is 0 Å². The first kappa shape index (κ1) is 13.1. The van der Waals surface area contributed by atoms with Crippen molar-refractivity contribution in [2.45, 2.75) is 32.5 Å². The van der Waals surface area contributed by atoms with Crippen LogP contribution in [0.25, 0.3) is 0 Å². The van der Waals surface area contributed by atoms with E-state index in [1.165, 1.54) is 0 Å². The summed E-state index contributed by atoms with van der Waals surface area (Å²) in [6.45, 7) is 7.15. The standard InChI is InChI=1S/C14H21N3O/c1-10-7-17(8-11(2)16-10)9-12-5-3-4-6-13(12)14(15)18/h3-6,10-11,16H,7-9H2,1-2H3,(H2,15,18). The highest BCUT2D eigenvalue weighted by atomic mass is 16.1. The number of nitrogens with two attached hydrogens (primary N) is 1. The number of primary amides is 1. The summed E-state index contributed by atoms with van der Waals surface area (Å²) in [5, 5.41) is 3.50. The lowest BCUT2D eigenvalue weighted by Gasteiger charge is -2.36. The van der Waals surface area contributed by atoms with E-state index < -0.39 is 0 Å². The SMILES string of the molecule is CC1CN(Cc2ccccc2C(N)=O)CC(C)N1. The number of hydrogen-bond acceptors (Lipinski definition) is 3. The summed E-state index contributed by atoms with van der Waals surface area (Å²) in [4.78, 5) is 13.8. The van der Waals surface area contributed by atoms with Gasteiger partial charge in [0.05, 0.1) is 0 Å². The van der Waals surface area contributed by atoms with Gasteiger partial charge in [0.1, 0.15) is 0 Å². The number of nitrogens with one attached hydrogen (secondary N) is 1. The van der Waals surface area contributed by atoms with Gasteiger partial charge in [0.25, 0.3) is 0 Å². The van der Waals surface area contributed by atoms with Crippen LogP contribution in [0.1, 0.15) is 29.8 Å². The van der Waals surface area contributed by atoms with Crippen molar-refractivity contribution in [3.8, 4) is 0 Å². The molecule has 0 radical (unpaired) electrons. The van der Waals surface area contributed by atoms with Crippen molar-refractivity contribution in [1.29, 1.82) is 0 Å². The lowest BCUT2D eigenvalue weighted by molar-refractivity contribution is 0.0997. The van der Waals surface area contributed by atoms with E-state index in [0.717, 1.165) is 25.2 Å². The number of carbonyl (C=O) groups is 1. The van der Waals surface area contributed by atoms with Crippen molar-refractivity contribution in [1.82, 2.24) is 10.2 Å². The molecular formula is C14H21N3O. The smallest absolute Gasteiger partial charge is 0.249 e. The van der Waals surface area contributed by atoms with Crippen LogP contribution in [0.3, 0.4) is 0 Å². The molecule has 1 aliphatic rings. The van der Waals surface area contributed by atoms with E-state index in [4.69, 9.17) is 5.73 Å². The molecule has 1 aromatic rings. The minimum Gasteiger partial charge on any atom is -0.366 e. The average molecular weight is 247 g/mol. The van der Waals surface area contributed by atoms with E-state index in [1.54, 1.807) is 6.07 Å². The van der Waals surface area contributed by atoms with Gasteiger partial charge in [-0.25, -0.2) is 0 Å². The maximum absolute atomic E-state index is 11.4. The Hall–Kier alpha value is -1.39. The minimum absolute atomic E-state index is 0.346. The van der Waals surface area contributed by atoms with Crippen LogP contribution in [0.15, 0.2) is 24.3 Å². The summed E-state index contributed by atoms with van der Waals surface area (Å²) in [6, 6.07) is 8.55. The predicted molar refractivity (Wildman–Crippen MR) is 72.3 cm³/mol. The summed E-state index contributed by atoms with van der Waals surface area (Å²) < 4.78 is 0. The van der Waals surface area contributed by atoms with Crippen molar-refractivity contribution in [2.24, 2.45) is 5.73 Å². The monoisotopic (exact) mass is 247 g/mol. The van der Waals surface area contributed by atoms with Crippen molar-refractivity contribution in [3.05, 3.63) is 35.4 Å². The van der Waals surface area contributed by atoms with Gasteiger partial charge in [0.2, 0.25) is 5.91 Å². The van der Waals surface area contributed by atoms with Crippen molar-refractivity contribution in [2.75, 3.05) is 13.1 Å². The summed E-state index contributed by atoms with van der Waals surface area (Å²) in [5.41, 5.74) is 7.06. The normalized spacial score (nSPS) is 25.0. The molecule has 1 fully saturated rings. The lowest BCUT2D eigenvalue weighted by atomic mass is 10.0. The first-order valence-electron chi connectivity index (χ1n) is 6.42. The summed E-state index contributed by atoms with van der Waals surface area (Å²) >= 11 is 0. The zero-order valence-corrected chi connectivity index (χ0v) is 11.0. The van der Waals surface area contributed by atoms with E-state index in [-0.39, 0.29) is 5.91 Å². The average Bonchev–Trinajstić information content (AvgIpc) is 2.27. The van der Waals surface area contributed by atoms with Gasteiger partial charge in [0.15, 0.2) is 0 Å². The zero-order chi connectivity index (χ0) is 13.1. The van der Waals surface area contributed by atoms with Crippen molar-refractivity contribution >= 4 is 5.91 Å². The molecular weight excluding hydrogens is 226 g/mol. The first-order valence-corrected chi connectivity index (χ1v) is 6.42. The largest absolute Gasteiger partial charge is 0.366 e. The number of carbonyl (C=O) groups excluding carboxylic acids is 1. The fourth-order valence-electron chi connectivity index (χ4n) is 2.71. The van der Waals surface area contributed by atoms with E-state index >= 15 is 0 Å². The molecule has 4 nitrogen and oxygen atoms in total. The number of benzene rings is 1. The molecule has 4 heteroatoms. The highest BCUT2D eigenvalue weighted by Gasteiger charge is 2.21. The molecule has 18 heavy (non-hydrogen) atoms. The van der Waals surface area contributed by atoms with Crippen LogP contribution in [0, 0.1) is 0 Å². The third kappa shape index (κ3) is 3.09. The van der Waals surface area contributed by atoms with Crippen LogP contribution in [0.2, 0.25) is 0 Å². The third-order valence-corrected chi connectivity index (χ3v) is 3.31. The van der Waals surface area contributed by atoms with Gasteiger partial charge < -0.3 is 11.1 Å². The van der Waals surface area contributed by atoms with Crippen LogP contribution >= 0.6 is 0 Å². The number of hydrogen-bond donors (Lipinski definition) is 2. The molecule has 0 bridgehead atoms. The molecule has 1 saturated heterocycles. The van der Waals surface area contributed by atoms with Crippen LogP contribution < -0.4 is 11.1 Å². The highest BCUT2D eigenvalue weighted by Crippen LogP contribution is 2.14. The van der Waals surface area contributed by atoms with E-state index in [9.17, 15) is 4.79 Å². The Bertz CT molecular complexity index is 423. The molecule has 1 aliphatic heterocycles. The Morgan fingerprint density at radius 2 is 1.94 bits per heavy atom. The molecule has 0 spiro atoms. The second-order valence-electron chi connectivity index (χ2n) is 5.18. The number of nitrogens with zero attached hydrogens (tertiary/aromatic N) is 1. The van der Waals surface area contributed by atoms with Gasteiger partial charge in [-0.15, -0.1) is 0 Å². The van der Waals surface area contributed by atoms with Gasteiger partial charge in [-0.05, 0) is 25.5 Å². The Morgan fingerprint density at radius 3 is 2.56 bits per heavy atom. The second kappa shape index (κ2) is 5.50. The fourth-order valence-corrected chi connectivity index (χ4v) is 2.71. The molecule has 2 unspecified atom stereocenters. The van der Waals surface area contributed by atoms with E-state index in [2.05, 4.69) is 24.1 Å². The molecule has 2 rings (SSSR count). The summed E-state index contributed by atoms with van der Waals surface area (Å²) in [6.07, 6.45) is 0. The van der Waals surface area contributed by atoms with E-state index in [1.807, 2.05) is 18.2 Å². The van der Waals surface area contributed by atoms with Crippen molar-refractivity contribution in [3.63, 3.8) is 0 Å². The molecule has 0 aromatic heterocycles. The van der Waals surface area contributed by atoms with Crippen LogP contribution in [-0.2, 0) is 6.54 Å². The van der Waals surface area contributed by atoms with Gasteiger partial charge in [0, 0.05) is 37.3 Å². The second-order valence-corrected chi connectivity index (χ2v) is 5.18. The molecule has 3 N–H and O–H groups in total. The number of rotatable bonds is 3. The molecule has 98 valence electrons. The summed E-state index contributed by atoms with van der Waals surface area (Å²) in [7, 11) is 0.